The van der Waals surface area contributed by atoms with Gasteiger partial charge in [0, 0.05) is 18.8 Å². The molecule has 0 radical (unpaired) electrons. The molecule has 0 bridgehead atoms. The van der Waals surface area contributed by atoms with E-state index in [1.807, 2.05) is 62.4 Å². The number of urea groups is 1. The summed E-state index contributed by atoms with van der Waals surface area (Å²) >= 11 is 0. The summed E-state index contributed by atoms with van der Waals surface area (Å²) in [6, 6.07) is 14.7. The van der Waals surface area contributed by atoms with Crippen LogP contribution in [0.2, 0.25) is 0 Å². The quantitative estimate of drug-likeness (QED) is 0.871. The van der Waals surface area contributed by atoms with E-state index in [9.17, 15) is 9.59 Å². The Kier molecular flexibility index (Phi) is 5.64. The number of rotatable bonds is 4. The molecule has 1 aliphatic heterocycles. The summed E-state index contributed by atoms with van der Waals surface area (Å²) in [5.41, 5.74) is 2.77. The summed E-state index contributed by atoms with van der Waals surface area (Å²) in [6.45, 7) is 4.87. The summed E-state index contributed by atoms with van der Waals surface area (Å²) in [4.78, 5) is 26.4. The van der Waals surface area contributed by atoms with Gasteiger partial charge in [0.2, 0.25) is 5.91 Å². The lowest BCUT2D eigenvalue weighted by Crippen LogP contribution is -2.60. The number of carbonyl (C=O) groups excluding carboxylic acids is 2. The second kappa shape index (κ2) is 8.12. The number of piperazine rings is 1. The third-order valence-electron chi connectivity index (χ3n) is 4.69. The highest BCUT2D eigenvalue weighted by atomic mass is 16.5. The van der Waals surface area contributed by atoms with Crippen molar-refractivity contribution in [3.05, 3.63) is 48.5 Å². The van der Waals surface area contributed by atoms with Crippen LogP contribution in [0.1, 0.15) is 13.8 Å². The molecule has 0 spiro atoms. The van der Waals surface area contributed by atoms with Crippen molar-refractivity contribution in [1.82, 2.24) is 10.2 Å². The fraction of sp³-hybridized carbons (Fsp3) is 0.333. The predicted molar refractivity (Wildman–Crippen MR) is 106 cm³/mol. The molecular formula is C21H25N3O3. The number of benzene rings is 2. The molecule has 0 aromatic heterocycles. The third kappa shape index (κ3) is 4.22. The number of hydrogen-bond acceptors (Lipinski definition) is 3. The Bertz CT molecular complexity index is 818. The summed E-state index contributed by atoms with van der Waals surface area (Å²) in [7, 11) is 1.64. The molecule has 2 aromatic carbocycles. The number of methoxy groups -OCH3 is 1. The van der Waals surface area contributed by atoms with Crippen molar-refractivity contribution in [2.45, 2.75) is 19.9 Å². The molecule has 142 valence electrons. The van der Waals surface area contributed by atoms with E-state index in [1.54, 1.807) is 12.0 Å². The Morgan fingerprint density at radius 2 is 1.93 bits per heavy atom. The van der Waals surface area contributed by atoms with Crippen molar-refractivity contribution >= 4 is 17.6 Å². The number of nitrogens with zero attached hydrogens (tertiary/aromatic N) is 1. The Labute approximate surface area is 159 Å². The fourth-order valence-corrected chi connectivity index (χ4v) is 3.32. The standard InChI is InChI=1S/C21H25N3O3/c1-14(2)19-20(25)22-11-12-24(19)21(26)23-17-9-7-15(8-10-17)16-5-4-6-18(13-16)27-3/h4-10,13-14,19H,11-12H2,1-3H3,(H,22,25)(H,23,26)/t19-/m1/s1. The van der Waals surface area contributed by atoms with Gasteiger partial charge in [-0.2, -0.15) is 0 Å². The van der Waals surface area contributed by atoms with Crippen LogP contribution in [0.5, 0.6) is 5.75 Å². The first-order valence-electron chi connectivity index (χ1n) is 9.09. The number of ether oxygens (including phenoxy) is 1. The van der Waals surface area contributed by atoms with Crippen molar-refractivity contribution in [3.63, 3.8) is 0 Å². The van der Waals surface area contributed by atoms with Crippen LogP contribution in [0, 0.1) is 5.92 Å². The molecule has 2 N–H and O–H groups in total. The Morgan fingerprint density at radius 3 is 2.59 bits per heavy atom. The fourth-order valence-electron chi connectivity index (χ4n) is 3.32. The minimum Gasteiger partial charge on any atom is -0.497 e. The highest BCUT2D eigenvalue weighted by Gasteiger charge is 2.35. The number of amides is 3. The lowest BCUT2D eigenvalue weighted by atomic mass is 10.00. The lowest BCUT2D eigenvalue weighted by Gasteiger charge is -2.37. The zero-order valence-corrected chi connectivity index (χ0v) is 15.9. The first-order chi connectivity index (χ1) is 13.0. The Balaban J connectivity index is 1.72. The van der Waals surface area contributed by atoms with Crippen LogP contribution >= 0.6 is 0 Å². The summed E-state index contributed by atoms with van der Waals surface area (Å²) in [5.74, 6) is 0.749. The number of carbonyl (C=O) groups is 2. The van der Waals surface area contributed by atoms with Gasteiger partial charge in [0.15, 0.2) is 0 Å². The van der Waals surface area contributed by atoms with Crippen LogP contribution in [0.4, 0.5) is 10.5 Å². The zero-order valence-electron chi connectivity index (χ0n) is 15.9. The van der Waals surface area contributed by atoms with E-state index in [2.05, 4.69) is 10.6 Å². The van der Waals surface area contributed by atoms with E-state index in [-0.39, 0.29) is 17.9 Å². The van der Waals surface area contributed by atoms with Crippen molar-refractivity contribution in [2.24, 2.45) is 5.92 Å². The smallest absolute Gasteiger partial charge is 0.322 e. The average Bonchev–Trinajstić information content (AvgIpc) is 2.68. The maximum absolute atomic E-state index is 12.7. The van der Waals surface area contributed by atoms with Gasteiger partial charge < -0.3 is 20.3 Å². The zero-order chi connectivity index (χ0) is 19.4. The maximum Gasteiger partial charge on any atom is 0.322 e. The first-order valence-corrected chi connectivity index (χ1v) is 9.09. The summed E-state index contributed by atoms with van der Waals surface area (Å²) < 4.78 is 5.26. The molecule has 0 saturated carbocycles. The molecule has 3 amide bonds. The van der Waals surface area contributed by atoms with E-state index < -0.39 is 6.04 Å². The lowest BCUT2D eigenvalue weighted by molar-refractivity contribution is -0.129. The van der Waals surface area contributed by atoms with Crippen LogP contribution in [0.25, 0.3) is 11.1 Å². The predicted octanol–water partition coefficient (Wildman–Crippen LogP) is 3.35. The van der Waals surface area contributed by atoms with Crippen LogP contribution < -0.4 is 15.4 Å². The average molecular weight is 367 g/mol. The number of hydrogen-bond donors (Lipinski definition) is 2. The molecule has 27 heavy (non-hydrogen) atoms. The van der Waals surface area contributed by atoms with Crippen LogP contribution in [0.15, 0.2) is 48.5 Å². The molecule has 2 aromatic rings. The minimum atomic E-state index is -0.449. The summed E-state index contributed by atoms with van der Waals surface area (Å²) in [6.07, 6.45) is 0. The molecule has 3 rings (SSSR count). The van der Waals surface area contributed by atoms with Gasteiger partial charge in [-0.15, -0.1) is 0 Å². The number of anilines is 1. The molecular weight excluding hydrogens is 342 g/mol. The molecule has 1 atom stereocenters. The summed E-state index contributed by atoms with van der Waals surface area (Å²) in [5, 5.41) is 5.73. The largest absolute Gasteiger partial charge is 0.497 e. The van der Waals surface area contributed by atoms with Gasteiger partial charge in [-0.3, -0.25) is 4.79 Å². The monoisotopic (exact) mass is 367 g/mol. The molecule has 1 heterocycles. The van der Waals surface area contributed by atoms with E-state index in [1.165, 1.54) is 0 Å². The van der Waals surface area contributed by atoms with Crippen LogP contribution in [-0.4, -0.2) is 43.1 Å². The highest BCUT2D eigenvalue weighted by Crippen LogP contribution is 2.25. The van der Waals surface area contributed by atoms with Gasteiger partial charge in [0.1, 0.15) is 11.8 Å². The van der Waals surface area contributed by atoms with Gasteiger partial charge in [-0.1, -0.05) is 38.1 Å². The third-order valence-corrected chi connectivity index (χ3v) is 4.69. The van der Waals surface area contributed by atoms with Crippen LogP contribution in [-0.2, 0) is 4.79 Å². The Morgan fingerprint density at radius 1 is 1.19 bits per heavy atom. The normalized spacial score (nSPS) is 16.8. The highest BCUT2D eigenvalue weighted by molar-refractivity contribution is 5.94. The van der Waals surface area contributed by atoms with Crippen LogP contribution in [0.3, 0.4) is 0 Å². The second-order valence-electron chi connectivity index (χ2n) is 6.91. The molecule has 0 aliphatic carbocycles. The Hall–Kier alpha value is -3.02. The molecule has 6 nitrogen and oxygen atoms in total. The van der Waals surface area contributed by atoms with Gasteiger partial charge in [-0.25, -0.2) is 4.79 Å². The van der Waals surface area contributed by atoms with Crippen molar-refractivity contribution in [1.29, 1.82) is 0 Å². The molecule has 0 unspecified atom stereocenters. The molecule has 1 saturated heterocycles. The number of nitrogens with one attached hydrogen (secondary N) is 2. The topological polar surface area (TPSA) is 70.7 Å². The van der Waals surface area contributed by atoms with Gasteiger partial charge in [0.05, 0.1) is 7.11 Å². The molecule has 1 fully saturated rings. The van der Waals surface area contributed by atoms with E-state index in [4.69, 9.17) is 4.74 Å². The van der Waals surface area contributed by atoms with E-state index in [0.717, 1.165) is 16.9 Å². The molecule has 6 heteroatoms. The SMILES string of the molecule is COc1cccc(-c2ccc(NC(=O)N3CCNC(=O)[C@H]3C(C)C)cc2)c1. The van der Waals surface area contributed by atoms with E-state index in [0.29, 0.717) is 18.8 Å². The van der Waals surface area contributed by atoms with Crippen molar-refractivity contribution in [3.8, 4) is 16.9 Å². The van der Waals surface area contributed by atoms with Crippen molar-refractivity contribution < 1.29 is 14.3 Å². The van der Waals surface area contributed by atoms with Gasteiger partial charge >= 0.3 is 6.03 Å². The first kappa shape index (κ1) is 18.8. The van der Waals surface area contributed by atoms with Gasteiger partial charge in [-0.05, 0) is 41.3 Å². The minimum absolute atomic E-state index is 0.0477. The van der Waals surface area contributed by atoms with Crippen molar-refractivity contribution in [2.75, 3.05) is 25.5 Å². The second-order valence-corrected chi connectivity index (χ2v) is 6.91. The maximum atomic E-state index is 12.7. The van der Waals surface area contributed by atoms with E-state index >= 15 is 0 Å². The van der Waals surface area contributed by atoms with Gasteiger partial charge in [0.25, 0.3) is 0 Å². The molecule has 1 aliphatic rings.